The van der Waals surface area contributed by atoms with Gasteiger partial charge >= 0.3 is 0 Å². The van der Waals surface area contributed by atoms with Crippen molar-refractivity contribution in [2.24, 2.45) is 0 Å². The van der Waals surface area contributed by atoms with E-state index in [2.05, 4.69) is 11.1 Å². The highest BCUT2D eigenvalue weighted by Crippen LogP contribution is 2.22. The van der Waals surface area contributed by atoms with Crippen LogP contribution in [0.2, 0.25) is 0 Å². The number of ether oxygens (including phenoxy) is 1. The number of rotatable bonds is 3. The van der Waals surface area contributed by atoms with E-state index < -0.39 is 0 Å². The number of hydrogen-bond donors (Lipinski definition) is 1. The fourth-order valence-electron chi connectivity index (χ4n) is 2.43. The lowest BCUT2D eigenvalue weighted by Crippen LogP contribution is -1.96. The highest BCUT2D eigenvalue weighted by atomic mass is 32.1. The van der Waals surface area contributed by atoms with Crippen molar-refractivity contribution in [1.29, 1.82) is 5.26 Å². The van der Waals surface area contributed by atoms with Crippen molar-refractivity contribution in [3.05, 3.63) is 58.4 Å². The van der Waals surface area contributed by atoms with Crippen LogP contribution in [-0.4, -0.2) is 16.7 Å². The lowest BCUT2D eigenvalue weighted by Gasteiger charge is -2.07. The highest BCUT2D eigenvalue weighted by Gasteiger charge is 2.10. The van der Waals surface area contributed by atoms with Gasteiger partial charge in [0.2, 0.25) is 0 Å². The lowest BCUT2D eigenvalue weighted by atomic mass is 10.2. The average molecular weight is 295 g/mol. The van der Waals surface area contributed by atoms with E-state index in [0.717, 1.165) is 22.3 Å². The van der Waals surface area contributed by atoms with Crippen LogP contribution in [0.1, 0.15) is 11.1 Å². The van der Waals surface area contributed by atoms with E-state index in [9.17, 15) is 5.26 Å². The Balaban J connectivity index is 2.26. The second-order valence-corrected chi connectivity index (χ2v) is 5.07. The van der Waals surface area contributed by atoms with E-state index in [-0.39, 0.29) is 0 Å². The number of nitriles is 1. The predicted molar refractivity (Wildman–Crippen MR) is 83.9 cm³/mol. The van der Waals surface area contributed by atoms with Crippen LogP contribution in [0.5, 0.6) is 0 Å². The molecule has 4 nitrogen and oxygen atoms in total. The zero-order chi connectivity index (χ0) is 14.8. The van der Waals surface area contributed by atoms with Crippen LogP contribution in [0.25, 0.3) is 16.7 Å². The molecule has 3 aromatic rings. The summed E-state index contributed by atoms with van der Waals surface area (Å²) in [6, 6.07) is 15.8. The normalized spacial score (nSPS) is 10.7. The number of hydrogen-bond acceptors (Lipinski definition) is 3. The van der Waals surface area contributed by atoms with Gasteiger partial charge in [0.25, 0.3) is 0 Å². The van der Waals surface area contributed by atoms with E-state index in [4.69, 9.17) is 17.0 Å². The molecule has 0 unspecified atom stereocenters. The van der Waals surface area contributed by atoms with Crippen molar-refractivity contribution in [3.8, 4) is 11.8 Å². The predicted octanol–water partition coefficient (Wildman–Crippen LogP) is 3.71. The fourth-order valence-corrected chi connectivity index (χ4v) is 2.74. The molecule has 5 heteroatoms. The summed E-state index contributed by atoms with van der Waals surface area (Å²) in [5.74, 6) is 0. The summed E-state index contributed by atoms with van der Waals surface area (Å²) in [6.45, 7) is 0.549. The van der Waals surface area contributed by atoms with Crippen LogP contribution in [-0.2, 0) is 11.3 Å². The summed E-state index contributed by atoms with van der Waals surface area (Å²) in [4.78, 5) is 3.12. The van der Waals surface area contributed by atoms with Gasteiger partial charge < -0.3 is 9.72 Å². The van der Waals surface area contributed by atoms with E-state index in [1.54, 1.807) is 13.2 Å². The van der Waals surface area contributed by atoms with Gasteiger partial charge in [0, 0.05) is 12.8 Å². The molecule has 104 valence electrons. The topological polar surface area (TPSA) is 53.7 Å². The third-order valence-electron chi connectivity index (χ3n) is 3.32. The monoisotopic (exact) mass is 295 g/mol. The summed E-state index contributed by atoms with van der Waals surface area (Å²) in [5.41, 5.74) is 4.28. The second kappa shape index (κ2) is 5.52. The van der Waals surface area contributed by atoms with E-state index in [1.807, 2.05) is 41.0 Å². The summed E-state index contributed by atoms with van der Waals surface area (Å²) in [6.07, 6.45) is 0. The number of fused-ring (bicyclic) bond motifs is 1. The van der Waals surface area contributed by atoms with Crippen LogP contribution in [0, 0.1) is 16.1 Å². The molecule has 1 heterocycles. The molecular weight excluding hydrogens is 282 g/mol. The first-order chi connectivity index (χ1) is 10.2. The first-order valence-electron chi connectivity index (χ1n) is 6.46. The first kappa shape index (κ1) is 13.6. The van der Waals surface area contributed by atoms with E-state index in [1.165, 1.54) is 0 Å². The fraction of sp³-hybridized carbons (Fsp3) is 0.125. The third-order valence-corrected chi connectivity index (χ3v) is 3.60. The Morgan fingerprint density at radius 3 is 2.86 bits per heavy atom. The zero-order valence-corrected chi connectivity index (χ0v) is 12.3. The minimum Gasteiger partial charge on any atom is -0.380 e. The first-order valence-corrected chi connectivity index (χ1v) is 6.87. The van der Waals surface area contributed by atoms with Gasteiger partial charge in [0.1, 0.15) is 6.07 Å². The molecule has 0 aliphatic carbocycles. The zero-order valence-electron chi connectivity index (χ0n) is 11.5. The standard InChI is InChI=1S/C16H13N3OS/c1-20-10-11-4-2-6-13(8-11)19-14-7-3-5-12(9-17)15(14)18-16(19)21/h2-8H,10H2,1H3,(H,18,21). The summed E-state index contributed by atoms with van der Waals surface area (Å²) < 4.78 is 7.68. The van der Waals surface area contributed by atoms with Crippen molar-refractivity contribution >= 4 is 23.3 Å². The molecule has 2 aromatic carbocycles. The van der Waals surface area contributed by atoms with Crippen LogP contribution in [0.15, 0.2) is 42.5 Å². The third kappa shape index (κ3) is 2.35. The van der Waals surface area contributed by atoms with Gasteiger partial charge in [0.05, 0.1) is 23.2 Å². The summed E-state index contributed by atoms with van der Waals surface area (Å²) >= 11 is 5.42. The smallest absolute Gasteiger partial charge is 0.182 e. The molecule has 3 rings (SSSR count). The molecule has 0 aliphatic heterocycles. The highest BCUT2D eigenvalue weighted by molar-refractivity contribution is 7.71. The van der Waals surface area contributed by atoms with Crippen molar-refractivity contribution in [3.63, 3.8) is 0 Å². The van der Waals surface area contributed by atoms with Gasteiger partial charge in [-0.05, 0) is 42.0 Å². The number of nitrogens with zero attached hydrogens (tertiary/aromatic N) is 2. The van der Waals surface area contributed by atoms with Crippen LogP contribution < -0.4 is 0 Å². The van der Waals surface area contributed by atoms with Crippen molar-refractivity contribution in [1.82, 2.24) is 9.55 Å². The Labute approximate surface area is 127 Å². The number of methoxy groups -OCH3 is 1. The van der Waals surface area contributed by atoms with Crippen LogP contribution >= 0.6 is 12.2 Å². The molecule has 0 atom stereocenters. The molecule has 0 spiro atoms. The number of para-hydroxylation sites is 1. The number of H-pyrrole nitrogens is 1. The van der Waals surface area contributed by atoms with Crippen LogP contribution in [0.3, 0.4) is 0 Å². The van der Waals surface area contributed by atoms with Crippen molar-refractivity contribution in [2.75, 3.05) is 7.11 Å². The maximum atomic E-state index is 9.19. The maximum absolute atomic E-state index is 9.19. The summed E-state index contributed by atoms with van der Waals surface area (Å²) in [5, 5.41) is 9.19. The quantitative estimate of drug-likeness (QED) is 0.749. The van der Waals surface area contributed by atoms with Gasteiger partial charge in [-0.1, -0.05) is 18.2 Å². The van der Waals surface area contributed by atoms with E-state index in [0.29, 0.717) is 16.9 Å². The SMILES string of the molecule is COCc1cccc(-n2c(=S)[nH]c3c(C#N)cccc32)c1. The Morgan fingerprint density at radius 2 is 2.10 bits per heavy atom. The molecule has 0 amide bonds. The molecule has 0 fully saturated rings. The molecule has 0 radical (unpaired) electrons. The molecule has 0 aliphatic rings. The second-order valence-electron chi connectivity index (χ2n) is 4.68. The van der Waals surface area contributed by atoms with Gasteiger partial charge in [-0.15, -0.1) is 0 Å². The number of benzene rings is 2. The minimum atomic E-state index is 0.549. The van der Waals surface area contributed by atoms with E-state index >= 15 is 0 Å². The maximum Gasteiger partial charge on any atom is 0.182 e. The van der Waals surface area contributed by atoms with Gasteiger partial charge in [0.15, 0.2) is 4.77 Å². The molecular formula is C16H13N3OS. The lowest BCUT2D eigenvalue weighted by molar-refractivity contribution is 0.185. The molecule has 1 aromatic heterocycles. The number of imidazole rings is 1. The van der Waals surface area contributed by atoms with Gasteiger partial charge in [-0.2, -0.15) is 5.26 Å². The Morgan fingerprint density at radius 1 is 1.29 bits per heavy atom. The van der Waals surface area contributed by atoms with Crippen LogP contribution in [0.4, 0.5) is 0 Å². The molecule has 0 bridgehead atoms. The molecule has 1 N–H and O–H groups in total. The summed E-state index contributed by atoms with van der Waals surface area (Å²) in [7, 11) is 1.67. The molecule has 0 saturated heterocycles. The number of nitrogens with one attached hydrogen (secondary N) is 1. The Kier molecular flexibility index (Phi) is 3.57. The average Bonchev–Trinajstić information content (AvgIpc) is 2.83. The van der Waals surface area contributed by atoms with Gasteiger partial charge in [-0.3, -0.25) is 4.57 Å². The Bertz CT molecular complexity index is 902. The molecule has 21 heavy (non-hydrogen) atoms. The number of aromatic nitrogens is 2. The van der Waals surface area contributed by atoms with Crippen molar-refractivity contribution in [2.45, 2.75) is 6.61 Å². The Hall–Kier alpha value is -2.42. The molecule has 0 saturated carbocycles. The van der Waals surface area contributed by atoms with Crippen molar-refractivity contribution < 1.29 is 4.74 Å². The van der Waals surface area contributed by atoms with Gasteiger partial charge in [-0.25, -0.2) is 0 Å². The minimum absolute atomic E-state index is 0.549. The largest absolute Gasteiger partial charge is 0.380 e. The number of aromatic amines is 1.